The molecule has 1 unspecified atom stereocenters. The van der Waals surface area contributed by atoms with Gasteiger partial charge in [0, 0.05) is 23.8 Å². The van der Waals surface area contributed by atoms with Crippen molar-refractivity contribution in [3.63, 3.8) is 0 Å². The molecule has 0 bridgehead atoms. The summed E-state index contributed by atoms with van der Waals surface area (Å²) in [4.78, 5) is 34.8. The van der Waals surface area contributed by atoms with Crippen LogP contribution in [0.2, 0.25) is 0 Å². The maximum absolute atomic E-state index is 13.0. The summed E-state index contributed by atoms with van der Waals surface area (Å²) in [6.45, 7) is 3.36. The molecule has 3 rings (SSSR count). The van der Waals surface area contributed by atoms with Crippen molar-refractivity contribution in [3.05, 3.63) is 40.9 Å². The first-order chi connectivity index (χ1) is 17.3. The van der Waals surface area contributed by atoms with Crippen LogP contribution in [-0.2, 0) is 29.1 Å². The van der Waals surface area contributed by atoms with Gasteiger partial charge in [-0.1, -0.05) is 5.16 Å². The van der Waals surface area contributed by atoms with Gasteiger partial charge in [0.15, 0.2) is 16.6 Å². The number of ether oxygens (including phenoxy) is 1. The number of hydrogen-bond acceptors (Lipinski definition) is 12. The Labute approximate surface area is 216 Å². The minimum atomic E-state index is -4.91. The predicted molar refractivity (Wildman–Crippen MR) is 133 cm³/mol. The average Bonchev–Trinajstić information content (AvgIpc) is 3.25. The third-order valence-corrected chi connectivity index (χ3v) is 6.44. The van der Waals surface area contributed by atoms with E-state index < -0.39 is 33.5 Å². The Kier molecular flexibility index (Phi) is 8.47. The molecule has 0 saturated carbocycles. The second-order valence-electron chi connectivity index (χ2n) is 8.45. The lowest BCUT2D eigenvalue weighted by molar-refractivity contribution is -0.228. The van der Waals surface area contributed by atoms with E-state index in [0.717, 1.165) is 11.3 Å². The van der Waals surface area contributed by atoms with Crippen LogP contribution in [0.25, 0.3) is 0 Å². The van der Waals surface area contributed by atoms with Gasteiger partial charge in [-0.2, -0.15) is 13.5 Å². The van der Waals surface area contributed by atoms with Crippen LogP contribution >= 0.6 is 11.3 Å². The Bertz CT molecular complexity index is 1310. The SMILES string of the molecule is CC1(C)C(CC(=O)/C(=N\OCCCOc2ccc(C(=N)N)cc2)c2csc(N)n2)C(=O)N1OS(=O)(=O)O. The van der Waals surface area contributed by atoms with E-state index in [2.05, 4.69) is 14.4 Å². The van der Waals surface area contributed by atoms with Crippen LogP contribution in [0.4, 0.5) is 5.13 Å². The molecule has 1 aromatic heterocycles. The molecule has 16 heteroatoms. The number of aromatic nitrogens is 1. The second-order valence-corrected chi connectivity index (χ2v) is 10.3. The number of oxime groups is 1. The zero-order chi connectivity index (χ0) is 27.4. The largest absolute Gasteiger partial charge is 0.493 e. The number of nitrogens with two attached hydrogens (primary N) is 2. The lowest BCUT2D eigenvalue weighted by atomic mass is 9.74. The summed E-state index contributed by atoms with van der Waals surface area (Å²) in [5.41, 5.74) is 10.5. The summed E-state index contributed by atoms with van der Waals surface area (Å²) in [7, 11) is -4.91. The smallest absolute Gasteiger partial charge is 0.418 e. The molecule has 14 nitrogen and oxygen atoms in total. The third-order valence-electron chi connectivity index (χ3n) is 5.43. The number of anilines is 1. The van der Waals surface area contributed by atoms with Crippen molar-refractivity contribution in [1.82, 2.24) is 10.0 Å². The van der Waals surface area contributed by atoms with Crippen LogP contribution in [0.3, 0.4) is 0 Å². The van der Waals surface area contributed by atoms with Crippen LogP contribution in [0.15, 0.2) is 34.8 Å². The van der Waals surface area contributed by atoms with Crippen LogP contribution in [0.1, 0.15) is 37.9 Å². The van der Waals surface area contributed by atoms with Gasteiger partial charge in [0.2, 0.25) is 0 Å². The zero-order valence-corrected chi connectivity index (χ0v) is 21.5. The Balaban J connectivity index is 1.59. The number of carbonyl (C=O) groups excluding carboxylic acids is 2. The van der Waals surface area contributed by atoms with Crippen LogP contribution in [0, 0.1) is 11.3 Å². The molecule has 1 amide bonds. The van der Waals surface area contributed by atoms with Gasteiger partial charge in [0.25, 0.3) is 5.91 Å². The highest BCUT2D eigenvalue weighted by Crippen LogP contribution is 2.40. The number of nitrogens with zero attached hydrogens (tertiary/aromatic N) is 3. The maximum atomic E-state index is 13.0. The number of hydroxylamine groups is 2. The second kappa shape index (κ2) is 11.2. The van der Waals surface area contributed by atoms with Gasteiger partial charge in [-0.15, -0.1) is 15.6 Å². The molecule has 1 aliphatic heterocycles. The monoisotopic (exact) mass is 554 g/mol. The first kappa shape index (κ1) is 28.0. The molecule has 0 radical (unpaired) electrons. The molecule has 2 heterocycles. The van der Waals surface area contributed by atoms with E-state index in [0.29, 0.717) is 22.8 Å². The number of nitrogen functional groups attached to an aromatic ring is 2. The standard InChI is InChI=1S/C21H26N6O8S2/c1-21(2)14(19(29)27(21)35-37(30,31)32)10-16(28)17(15-11-36-20(24)25-15)26-34-9-3-8-33-13-6-4-12(5-7-13)18(22)23/h4-7,11,14H,3,8-10H2,1-2H3,(H3,22,23)(H2,24,25)(H,30,31,32)/b26-17-. The minimum absolute atomic E-state index is 0.0426. The van der Waals surface area contributed by atoms with Crippen molar-refractivity contribution in [3.8, 4) is 5.75 Å². The summed E-state index contributed by atoms with van der Waals surface area (Å²) in [5, 5.41) is 13.5. The molecule has 1 fully saturated rings. The third kappa shape index (κ3) is 7.00. The van der Waals surface area contributed by atoms with Gasteiger partial charge in [-0.3, -0.25) is 19.6 Å². The fraction of sp³-hybridized carbons (Fsp3) is 0.381. The predicted octanol–water partition coefficient (Wildman–Crippen LogP) is 1.13. The number of ketones is 1. The first-order valence-electron chi connectivity index (χ1n) is 10.8. The molecule has 37 heavy (non-hydrogen) atoms. The van der Waals surface area contributed by atoms with E-state index in [4.69, 9.17) is 31.0 Å². The number of carbonyl (C=O) groups is 2. The fourth-order valence-corrected chi connectivity index (χ4v) is 4.44. The number of nitrogens with one attached hydrogen (secondary N) is 1. The van der Waals surface area contributed by atoms with E-state index in [1.807, 2.05) is 0 Å². The highest BCUT2D eigenvalue weighted by molar-refractivity contribution is 7.80. The van der Waals surface area contributed by atoms with E-state index in [-0.39, 0.29) is 42.0 Å². The molecule has 2 aromatic rings. The van der Waals surface area contributed by atoms with Crippen molar-refractivity contribution >= 4 is 50.1 Å². The number of amides is 1. The Morgan fingerprint density at radius 2 is 1.97 bits per heavy atom. The van der Waals surface area contributed by atoms with Crippen molar-refractivity contribution in [2.24, 2.45) is 16.8 Å². The average molecular weight is 555 g/mol. The zero-order valence-electron chi connectivity index (χ0n) is 19.9. The van der Waals surface area contributed by atoms with E-state index in [1.165, 1.54) is 19.2 Å². The Hall–Kier alpha value is -3.60. The molecular formula is C21H26N6O8S2. The quantitative estimate of drug-likeness (QED) is 0.0686. The normalized spacial score (nSPS) is 17.3. The molecule has 200 valence electrons. The van der Waals surface area contributed by atoms with Gasteiger partial charge in [-0.25, -0.2) is 4.98 Å². The van der Waals surface area contributed by atoms with Gasteiger partial charge in [0.1, 0.15) is 23.9 Å². The number of hydrogen-bond donors (Lipinski definition) is 4. The number of β-lactam (4-membered cyclic amide) rings is 1. The number of Topliss-reactive ketones (excluding diaryl/α,β-unsaturated/α-hetero) is 1. The number of thiazole rings is 1. The number of amidine groups is 1. The molecule has 1 saturated heterocycles. The maximum Gasteiger partial charge on any atom is 0.418 e. The summed E-state index contributed by atoms with van der Waals surface area (Å²) in [5.74, 6) is -1.76. The molecule has 6 N–H and O–H groups in total. The number of rotatable bonds is 13. The summed E-state index contributed by atoms with van der Waals surface area (Å²) in [6.07, 6.45) is 0.0882. The van der Waals surface area contributed by atoms with Crippen LogP contribution < -0.4 is 16.2 Å². The Morgan fingerprint density at radius 1 is 1.30 bits per heavy atom. The molecule has 1 aliphatic rings. The lowest BCUT2D eigenvalue weighted by Crippen LogP contribution is -2.68. The van der Waals surface area contributed by atoms with Crippen molar-refractivity contribution in [2.45, 2.75) is 32.2 Å². The highest BCUT2D eigenvalue weighted by Gasteiger charge is 2.57. The highest BCUT2D eigenvalue weighted by atomic mass is 32.3. The number of benzene rings is 1. The molecule has 1 atom stereocenters. The van der Waals surface area contributed by atoms with Crippen molar-refractivity contribution < 1.29 is 36.4 Å². The molecular weight excluding hydrogens is 528 g/mol. The van der Waals surface area contributed by atoms with Crippen molar-refractivity contribution in [1.29, 1.82) is 5.41 Å². The summed E-state index contributed by atoms with van der Waals surface area (Å²) < 4.78 is 40.8. The van der Waals surface area contributed by atoms with Gasteiger partial charge >= 0.3 is 10.4 Å². The molecule has 0 spiro atoms. The summed E-state index contributed by atoms with van der Waals surface area (Å²) >= 11 is 1.09. The van der Waals surface area contributed by atoms with Crippen LogP contribution in [-0.4, -0.2) is 65.0 Å². The van der Waals surface area contributed by atoms with Gasteiger partial charge in [-0.05, 0) is 38.1 Å². The fourth-order valence-electron chi connectivity index (χ4n) is 3.44. The first-order valence-corrected chi connectivity index (χ1v) is 13.1. The molecule has 1 aromatic carbocycles. The van der Waals surface area contributed by atoms with E-state index >= 15 is 0 Å². The summed E-state index contributed by atoms with van der Waals surface area (Å²) in [6, 6.07) is 6.70. The van der Waals surface area contributed by atoms with Crippen LogP contribution in [0.5, 0.6) is 5.75 Å². The Morgan fingerprint density at radius 3 is 2.51 bits per heavy atom. The van der Waals surface area contributed by atoms with E-state index in [9.17, 15) is 18.0 Å². The van der Waals surface area contributed by atoms with Crippen molar-refractivity contribution in [2.75, 3.05) is 18.9 Å². The van der Waals surface area contributed by atoms with E-state index in [1.54, 1.807) is 24.3 Å². The van der Waals surface area contributed by atoms with Gasteiger partial charge in [0.05, 0.1) is 18.1 Å². The minimum Gasteiger partial charge on any atom is -0.493 e. The lowest BCUT2D eigenvalue weighted by Gasteiger charge is -2.50. The molecule has 0 aliphatic carbocycles. The topological polar surface area (TPSA) is 221 Å². The van der Waals surface area contributed by atoms with Gasteiger partial charge < -0.3 is 21.0 Å².